The van der Waals surface area contributed by atoms with Gasteiger partial charge in [-0.05, 0) is 31.0 Å². The maximum Gasteiger partial charge on any atom is 0.269 e. The van der Waals surface area contributed by atoms with Crippen molar-refractivity contribution in [1.29, 1.82) is 5.26 Å². The first kappa shape index (κ1) is 15.8. The number of carbonyl (C=O) groups is 1. The van der Waals surface area contributed by atoms with Crippen LogP contribution in [-0.2, 0) is 4.74 Å². The van der Waals surface area contributed by atoms with E-state index in [2.05, 4.69) is 11.4 Å². The minimum atomic E-state index is -0.249. The van der Waals surface area contributed by atoms with Crippen LogP contribution in [0.5, 0.6) is 0 Å². The number of ether oxygens (including phenoxy) is 1. The van der Waals surface area contributed by atoms with Crippen molar-refractivity contribution in [3.63, 3.8) is 0 Å². The van der Waals surface area contributed by atoms with Crippen molar-refractivity contribution >= 4 is 5.91 Å². The second-order valence-electron chi connectivity index (χ2n) is 4.95. The minimum absolute atomic E-state index is 0.249. The second kappa shape index (κ2) is 7.43. The van der Waals surface area contributed by atoms with Crippen molar-refractivity contribution in [2.75, 3.05) is 20.3 Å². The van der Waals surface area contributed by atoms with Crippen LogP contribution in [0.3, 0.4) is 0 Å². The average Bonchev–Trinajstić information content (AvgIpc) is 2.95. The van der Waals surface area contributed by atoms with Gasteiger partial charge in [-0.1, -0.05) is 18.2 Å². The Bertz CT molecular complexity index is 698. The summed E-state index contributed by atoms with van der Waals surface area (Å²) in [7, 11) is 1.62. The predicted octanol–water partition coefficient (Wildman–Crippen LogP) is 2.42. The molecule has 2 rings (SSSR count). The molecule has 0 radical (unpaired) electrons. The van der Waals surface area contributed by atoms with Crippen molar-refractivity contribution < 1.29 is 9.53 Å². The lowest BCUT2D eigenvalue weighted by Gasteiger charge is -2.12. The van der Waals surface area contributed by atoms with Crippen LogP contribution in [0, 0.1) is 18.3 Å². The normalized spacial score (nSPS) is 10.2. The number of hydrogen-bond acceptors (Lipinski definition) is 3. The van der Waals surface area contributed by atoms with Crippen molar-refractivity contribution in [2.45, 2.75) is 13.3 Å². The summed E-state index contributed by atoms with van der Waals surface area (Å²) in [5.41, 5.74) is 2.67. The molecule has 1 N–H and O–H groups in total. The number of para-hydroxylation sites is 1. The van der Waals surface area contributed by atoms with E-state index in [4.69, 9.17) is 4.74 Å². The van der Waals surface area contributed by atoms with Crippen LogP contribution in [0.4, 0.5) is 0 Å². The van der Waals surface area contributed by atoms with E-state index in [1.54, 1.807) is 23.9 Å². The summed E-state index contributed by atoms with van der Waals surface area (Å²) < 4.78 is 6.72. The Morgan fingerprint density at radius 2 is 2.14 bits per heavy atom. The molecule has 0 saturated carbocycles. The fourth-order valence-electron chi connectivity index (χ4n) is 2.29. The van der Waals surface area contributed by atoms with Gasteiger partial charge in [-0.2, -0.15) is 5.26 Å². The highest BCUT2D eigenvalue weighted by molar-refractivity contribution is 5.96. The SMILES string of the molecule is COCCCNC(=O)c1c(C#N)ccn1-c1ccccc1C. The minimum Gasteiger partial charge on any atom is -0.385 e. The maximum absolute atomic E-state index is 12.4. The van der Waals surface area contributed by atoms with Gasteiger partial charge in [0.2, 0.25) is 0 Å². The van der Waals surface area contributed by atoms with Gasteiger partial charge in [-0.15, -0.1) is 0 Å². The van der Waals surface area contributed by atoms with Gasteiger partial charge in [0.05, 0.1) is 5.56 Å². The molecule has 0 spiro atoms. The highest BCUT2D eigenvalue weighted by Crippen LogP contribution is 2.20. The molecule has 5 heteroatoms. The topological polar surface area (TPSA) is 67.0 Å². The molecule has 0 fully saturated rings. The van der Waals surface area contributed by atoms with E-state index in [0.717, 1.165) is 17.7 Å². The summed E-state index contributed by atoms with van der Waals surface area (Å²) in [6, 6.07) is 11.5. The van der Waals surface area contributed by atoms with Crippen molar-refractivity contribution in [1.82, 2.24) is 9.88 Å². The van der Waals surface area contributed by atoms with Crippen LogP contribution >= 0.6 is 0 Å². The molecule has 22 heavy (non-hydrogen) atoms. The zero-order valence-corrected chi connectivity index (χ0v) is 12.8. The van der Waals surface area contributed by atoms with Gasteiger partial charge in [-0.3, -0.25) is 4.79 Å². The van der Waals surface area contributed by atoms with E-state index in [-0.39, 0.29) is 5.91 Å². The number of nitrogens with one attached hydrogen (secondary N) is 1. The maximum atomic E-state index is 12.4. The Kier molecular flexibility index (Phi) is 5.34. The van der Waals surface area contributed by atoms with Gasteiger partial charge in [0.15, 0.2) is 0 Å². The van der Waals surface area contributed by atoms with Gasteiger partial charge in [0, 0.05) is 32.1 Å². The van der Waals surface area contributed by atoms with Crippen molar-refractivity contribution in [3.05, 3.63) is 53.3 Å². The summed E-state index contributed by atoms with van der Waals surface area (Å²) in [4.78, 5) is 12.4. The Morgan fingerprint density at radius 3 is 2.82 bits per heavy atom. The number of hydrogen-bond donors (Lipinski definition) is 1. The number of methoxy groups -OCH3 is 1. The smallest absolute Gasteiger partial charge is 0.269 e. The molecule has 0 atom stereocenters. The standard InChI is InChI=1S/C17H19N3O2/c1-13-6-3-4-7-15(13)20-10-8-14(12-18)16(20)17(21)19-9-5-11-22-2/h3-4,6-8,10H,5,9,11H2,1-2H3,(H,19,21). The van der Waals surface area contributed by atoms with E-state index in [0.29, 0.717) is 24.4 Å². The van der Waals surface area contributed by atoms with Crippen LogP contribution in [-0.4, -0.2) is 30.7 Å². The molecule has 0 saturated heterocycles. The molecule has 0 aliphatic carbocycles. The number of aryl methyl sites for hydroxylation is 1. The fraction of sp³-hybridized carbons (Fsp3) is 0.294. The lowest BCUT2D eigenvalue weighted by molar-refractivity contribution is 0.0941. The third kappa shape index (κ3) is 3.35. The van der Waals surface area contributed by atoms with Crippen molar-refractivity contribution in [3.8, 4) is 11.8 Å². The van der Waals surface area contributed by atoms with Gasteiger partial charge < -0.3 is 14.6 Å². The van der Waals surface area contributed by atoms with Crippen LogP contribution < -0.4 is 5.32 Å². The molecule has 114 valence electrons. The molecule has 2 aromatic rings. The molecule has 0 aliphatic rings. The van der Waals surface area contributed by atoms with Crippen LogP contribution in [0.25, 0.3) is 5.69 Å². The monoisotopic (exact) mass is 297 g/mol. The molecule has 0 unspecified atom stereocenters. The van der Waals surface area contributed by atoms with E-state index in [9.17, 15) is 10.1 Å². The highest BCUT2D eigenvalue weighted by atomic mass is 16.5. The zero-order valence-electron chi connectivity index (χ0n) is 12.8. The number of nitriles is 1. The highest BCUT2D eigenvalue weighted by Gasteiger charge is 2.18. The summed E-state index contributed by atoms with van der Waals surface area (Å²) in [5.74, 6) is -0.249. The quantitative estimate of drug-likeness (QED) is 0.833. The summed E-state index contributed by atoms with van der Waals surface area (Å²) in [6.07, 6.45) is 2.49. The van der Waals surface area contributed by atoms with E-state index >= 15 is 0 Å². The molecule has 1 amide bonds. The number of amides is 1. The van der Waals surface area contributed by atoms with Crippen molar-refractivity contribution in [2.24, 2.45) is 0 Å². The number of carbonyl (C=O) groups excluding carboxylic acids is 1. The predicted molar refractivity (Wildman–Crippen MR) is 84.0 cm³/mol. The lowest BCUT2D eigenvalue weighted by Crippen LogP contribution is -2.28. The summed E-state index contributed by atoms with van der Waals surface area (Å²) in [6.45, 7) is 3.07. The molecular formula is C17H19N3O2. The molecule has 1 aromatic carbocycles. The first-order valence-electron chi connectivity index (χ1n) is 7.13. The van der Waals surface area contributed by atoms with Crippen LogP contribution in [0.1, 0.15) is 28.0 Å². The molecule has 0 aliphatic heterocycles. The number of benzene rings is 1. The third-order valence-corrected chi connectivity index (χ3v) is 3.41. The first-order valence-corrected chi connectivity index (χ1v) is 7.13. The van der Waals surface area contributed by atoms with Gasteiger partial charge in [-0.25, -0.2) is 0 Å². The van der Waals surface area contributed by atoms with Gasteiger partial charge in [0.25, 0.3) is 5.91 Å². The molecular weight excluding hydrogens is 278 g/mol. The van der Waals surface area contributed by atoms with Crippen LogP contribution in [0.2, 0.25) is 0 Å². The van der Waals surface area contributed by atoms with Gasteiger partial charge >= 0.3 is 0 Å². The Morgan fingerprint density at radius 1 is 1.36 bits per heavy atom. The number of nitrogens with zero attached hydrogens (tertiary/aromatic N) is 2. The largest absolute Gasteiger partial charge is 0.385 e. The van der Waals surface area contributed by atoms with E-state index in [1.807, 2.05) is 31.2 Å². The van der Waals surface area contributed by atoms with Crippen LogP contribution in [0.15, 0.2) is 36.5 Å². The zero-order chi connectivity index (χ0) is 15.9. The Balaban J connectivity index is 2.30. The van der Waals surface area contributed by atoms with E-state index < -0.39 is 0 Å². The lowest BCUT2D eigenvalue weighted by atomic mass is 10.2. The second-order valence-corrected chi connectivity index (χ2v) is 4.95. The van der Waals surface area contributed by atoms with E-state index in [1.165, 1.54) is 0 Å². The molecule has 5 nitrogen and oxygen atoms in total. The van der Waals surface area contributed by atoms with Gasteiger partial charge in [0.1, 0.15) is 11.8 Å². The average molecular weight is 297 g/mol. The third-order valence-electron chi connectivity index (χ3n) is 3.41. The fourth-order valence-corrected chi connectivity index (χ4v) is 2.29. The Hall–Kier alpha value is -2.58. The summed E-state index contributed by atoms with van der Waals surface area (Å²) >= 11 is 0. The summed E-state index contributed by atoms with van der Waals surface area (Å²) in [5, 5.41) is 12.1. The molecule has 1 heterocycles. The Labute approximate surface area is 130 Å². The molecule has 1 aromatic heterocycles. The first-order chi connectivity index (χ1) is 10.7. The molecule has 0 bridgehead atoms. The number of aromatic nitrogens is 1. The number of rotatable bonds is 6.